The Kier molecular flexibility index (Phi) is 5.73. The SMILES string of the molecule is COc1ccc(Cl)cc1NCCCSC. The molecule has 0 bridgehead atoms. The van der Waals surface area contributed by atoms with Gasteiger partial charge in [0.05, 0.1) is 12.8 Å². The predicted molar refractivity (Wildman–Crippen MR) is 69.5 cm³/mol. The highest BCUT2D eigenvalue weighted by molar-refractivity contribution is 7.98. The molecule has 0 aliphatic carbocycles. The Morgan fingerprint density at radius 2 is 2.27 bits per heavy atom. The molecule has 1 aromatic carbocycles. The quantitative estimate of drug-likeness (QED) is 0.775. The lowest BCUT2D eigenvalue weighted by atomic mass is 10.3. The number of rotatable bonds is 6. The van der Waals surface area contributed by atoms with Gasteiger partial charge in [-0.1, -0.05) is 11.6 Å². The number of benzene rings is 1. The third kappa shape index (κ3) is 4.22. The van der Waals surface area contributed by atoms with Crippen LogP contribution in [0.4, 0.5) is 5.69 Å². The summed E-state index contributed by atoms with van der Waals surface area (Å²) in [4.78, 5) is 0. The fourth-order valence-corrected chi connectivity index (χ4v) is 1.86. The Hall–Kier alpha value is -0.540. The van der Waals surface area contributed by atoms with E-state index in [1.807, 2.05) is 30.0 Å². The number of ether oxygens (including phenoxy) is 1. The van der Waals surface area contributed by atoms with Gasteiger partial charge < -0.3 is 10.1 Å². The fraction of sp³-hybridized carbons (Fsp3) is 0.455. The van der Waals surface area contributed by atoms with Crippen LogP contribution in [0.1, 0.15) is 6.42 Å². The highest BCUT2D eigenvalue weighted by Crippen LogP contribution is 2.27. The van der Waals surface area contributed by atoms with Gasteiger partial charge in [0.1, 0.15) is 5.75 Å². The summed E-state index contributed by atoms with van der Waals surface area (Å²) in [6.07, 6.45) is 3.25. The van der Waals surface area contributed by atoms with Crippen molar-refractivity contribution in [2.24, 2.45) is 0 Å². The smallest absolute Gasteiger partial charge is 0.142 e. The molecule has 2 nitrogen and oxygen atoms in total. The first kappa shape index (κ1) is 12.5. The van der Waals surface area contributed by atoms with Gasteiger partial charge in [-0.15, -0.1) is 0 Å². The Bertz CT molecular complexity index is 307. The van der Waals surface area contributed by atoms with Crippen molar-refractivity contribution in [1.82, 2.24) is 0 Å². The molecular formula is C11H16ClNOS. The number of hydrogen-bond donors (Lipinski definition) is 1. The van der Waals surface area contributed by atoms with Crippen molar-refractivity contribution in [2.75, 3.05) is 31.0 Å². The summed E-state index contributed by atoms with van der Waals surface area (Å²) in [7, 11) is 1.66. The molecule has 0 saturated carbocycles. The van der Waals surface area contributed by atoms with Crippen LogP contribution in [-0.4, -0.2) is 25.7 Å². The molecule has 0 spiro atoms. The minimum absolute atomic E-state index is 0.725. The second-order valence-electron chi connectivity index (χ2n) is 3.12. The molecular weight excluding hydrogens is 230 g/mol. The zero-order valence-corrected chi connectivity index (χ0v) is 10.6. The van der Waals surface area contributed by atoms with Crippen molar-refractivity contribution in [3.8, 4) is 5.75 Å². The van der Waals surface area contributed by atoms with Crippen molar-refractivity contribution in [3.05, 3.63) is 23.2 Å². The van der Waals surface area contributed by atoms with Crippen molar-refractivity contribution >= 4 is 29.1 Å². The number of nitrogens with one attached hydrogen (secondary N) is 1. The number of hydrogen-bond acceptors (Lipinski definition) is 3. The molecule has 0 heterocycles. The average molecular weight is 246 g/mol. The van der Waals surface area contributed by atoms with Crippen LogP contribution < -0.4 is 10.1 Å². The van der Waals surface area contributed by atoms with E-state index in [0.29, 0.717) is 0 Å². The molecule has 0 unspecified atom stereocenters. The fourth-order valence-electron chi connectivity index (χ4n) is 1.26. The van der Waals surface area contributed by atoms with Crippen molar-refractivity contribution in [3.63, 3.8) is 0 Å². The van der Waals surface area contributed by atoms with Crippen molar-refractivity contribution < 1.29 is 4.74 Å². The zero-order chi connectivity index (χ0) is 11.1. The number of halogens is 1. The van der Waals surface area contributed by atoms with E-state index in [2.05, 4.69) is 11.6 Å². The minimum atomic E-state index is 0.725. The van der Waals surface area contributed by atoms with Crippen LogP contribution in [0, 0.1) is 0 Å². The Morgan fingerprint density at radius 3 is 2.93 bits per heavy atom. The van der Waals surface area contributed by atoms with Crippen molar-refractivity contribution in [1.29, 1.82) is 0 Å². The summed E-state index contributed by atoms with van der Waals surface area (Å²) in [6, 6.07) is 5.59. The molecule has 0 saturated heterocycles. The van der Waals surface area contributed by atoms with Gasteiger partial charge in [-0.05, 0) is 36.6 Å². The maximum Gasteiger partial charge on any atom is 0.142 e. The van der Waals surface area contributed by atoms with Crippen molar-refractivity contribution in [2.45, 2.75) is 6.42 Å². The third-order valence-corrected chi connectivity index (χ3v) is 2.93. The zero-order valence-electron chi connectivity index (χ0n) is 9.05. The van der Waals surface area contributed by atoms with Crippen LogP contribution in [0.3, 0.4) is 0 Å². The molecule has 15 heavy (non-hydrogen) atoms. The molecule has 0 amide bonds. The van der Waals surface area contributed by atoms with Crippen LogP contribution >= 0.6 is 23.4 Å². The number of thioether (sulfide) groups is 1. The highest BCUT2D eigenvalue weighted by atomic mass is 35.5. The lowest BCUT2D eigenvalue weighted by molar-refractivity contribution is 0.416. The molecule has 0 aliphatic heterocycles. The predicted octanol–water partition coefficient (Wildman–Crippen LogP) is 3.51. The first-order valence-corrected chi connectivity index (χ1v) is 6.61. The number of methoxy groups -OCH3 is 1. The third-order valence-electron chi connectivity index (χ3n) is 2.00. The van der Waals surface area contributed by atoms with E-state index in [1.54, 1.807) is 7.11 Å². The van der Waals surface area contributed by atoms with Crippen LogP contribution in [0.25, 0.3) is 0 Å². The molecule has 0 aliphatic rings. The van der Waals surface area contributed by atoms with E-state index in [4.69, 9.17) is 16.3 Å². The van der Waals surface area contributed by atoms with Crippen LogP contribution in [-0.2, 0) is 0 Å². The average Bonchev–Trinajstić information content (AvgIpc) is 2.25. The molecule has 4 heteroatoms. The van der Waals surface area contributed by atoms with Crippen LogP contribution in [0.2, 0.25) is 5.02 Å². The lowest BCUT2D eigenvalue weighted by Crippen LogP contribution is -2.04. The van der Waals surface area contributed by atoms with Gasteiger partial charge in [0.2, 0.25) is 0 Å². The molecule has 84 valence electrons. The molecule has 1 rings (SSSR count). The molecule has 1 aromatic rings. The summed E-state index contributed by atoms with van der Waals surface area (Å²) >= 11 is 7.77. The summed E-state index contributed by atoms with van der Waals surface area (Å²) in [5.41, 5.74) is 0.964. The lowest BCUT2D eigenvalue weighted by Gasteiger charge is -2.11. The second kappa shape index (κ2) is 6.85. The van der Waals surface area contributed by atoms with E-state index in [0.717, 1.165) is 35.2 Å². The first-order chi connectivity index (χ1) is 7.27. The summed E-state index contributed by atoms with van der Waals surface area (Å²) < 4.78 is 5.23. The Balaban J connectivity index is 2.54. The standard InChI is InChI=1S/C11H16ClNOS/c1-14-11-5-4-9(12)8-10(11)13-6-3-7-15-2/h4-5,8,13H,3,6-7H2,1-2H3. The van der Waals surface area contributed by atoms with Gasteiger partial charge in [0, 0.05) is 11.6 Å². The molecule has 0 radical (unpaired) electrons. The van der Waals surface area contributed by atoms with E-state index < -0.39 is 0 Å². The molecule has 1 N–H and O–H groups in total. The maximum absolute atomic E-state index is 5.91. The highest BCUT2D eigenvalue weighted by Gasteiger charge is 2.02. The minimum Gasteiger partial charge on any atom is -0.495 e. The Morgan fingerprint density at radius 1 is 1.47 bits per heavy atom. The van der Waals surface area contributed by atoms with Gasteiger partial charge in [-0.3, -0.25) is 0 Å². The van der Waals surface area contributed by atoms with Gasteiger partial charge in [-0.2, -0.15) is 11.8 Å². The summed E-state index contributed by atoms with van der Waals surface area (Å²) in [5, 5.41) is 4.04. The molecule has 0 atom stereocenters. The van der Waals surface area contributed by atoms with Crippen LogP contribution in [0.15, 0.2) is 18.2 Å². The summed E-state index contributed by atoms with van der Waals surface area (Å²) in [5.74, 6) is 2.00. The van der Waals surface area contributed by atoms with Gasteiger partial charge >= 0.3 is 0 Å². The normalized spacial score (nSPS) is 10.1. The van der Waals surface area contributed by atoms with E-state index >= 15 is 0 Å². The second-order valence-corrected chi connectivity index (χ2v) is 4.54. The maximum atomic E-state index is 5.91. The number of anilines is 1. The van der Waals surface area contributed by atoms with Crippen LogP contribution in [0.5, 0.6) is 5.75 Å². The van der Waals surface area contributed by atoms with Gasteiger partial charge in [-0.25, -0.2) is 0 Å². The summed E-state index contributed by atoms with van der Waals surface area (Å²) in [6.45, 7) is 0.942. The molecule has 0 fully saturated rings. The largest absolute Gasteiger partial charge is 0.495 e. The monoisotopic (exact) mass is 245 g/mol. The van der Waals surface area contributed by atoms with Gasteiger partial charge in [0.15, 0.2) is 0 Å². The van der Waals surface area contributed by atoms with Gasteiger partial charge in [0.25, 0.3) is 0 Å². The van der Waals surface area contributed by atoms with E-state index in [1.165, 1.54) is 0 Å². The topological polar surface area (TPSA) is 21.3 Å². The first-order valence-electron chi connectivity index (χ1n) is 4.84. The molecule has 0 aromatic heterocycles. The Labute approximate surface area is 100 Å². The van der Waals surface area contributed by atoms with E-state index in [-0.39, 0.29) is 0 Å². The van der Waals surface area contributed by atoms with E-state index in [9.17, 15) is 0 Å².